The van der Waals surface area contributed by atoms with E-state index in [0.29, 0.717) is 31.6 Å². The summed E-state index contributed by atoms with van der Waals surface area (Å²) in [4.78, 5) is 15.5. The number of rotatable bonds is 4. The molecule has 0 atom stereocenters. The lowest BCUT2D eigenvalue weighted by Gasteiger charge is -2.33. The summed E-state index contributed by atoms with van der Waals surface area (Å²) in [6.07, 6.45) is 4.98. The Hall–Kier alpha value is -1.62. The standard InChI is InChI=1S/C18H25FN2O2/c19-16-5-4-14(13-20-8-2-1-3-9-20)12-17(16)21-10-6-15(7-11-21)18(22)23/h4-5,12,15H,1-3,6-11,13H2,(H,22,23). The van der Waals surface area contributed by atoms with Gasteiger partial charge in [0.25, 0.3) is 0 Å². The molecule has 126 valence electrons. The smallest absolute Gasteiger partial charge is 0.306 e. The number of carbonyl (C=O) groups is 1. The van der Waals surface area contributed by atoms with E-state index >= 15 is 0 Å². The molecule has 5 heteroatoms. The maximum Gasteiger partial charge on any atom is 0.306 e. The first-order chi connectivity index (χ1) is 11.1. The summed E-state index contributed by atoms with van der Waals surface area (Å²) in [5.74, 6) is -1.23. The third-order valence-corrected chi connectivity index (χ3v) is 5.05. The SMILES string of the molecule is O=C(O)C1CCN(c2cc(CN3CCCCC3)ccc2F)CC1. The summed E-state index contributed by atoms with van der Waals surface area (Å²) in [7, 11) is 0. The van der Waals surface area contributed by atoms with Crippen molar-refractivity contribution >= 4 is 11.7 Å². The maximum absolute atomic E-state index is 14.2. The number of hydrogen-bond donors (Lipinski definition) is 1. The molecule has 23 heavy (non-hydrogen) atoms. The van der Waals surface area contributed by atoms with Crippen LogP contribution in [0.4, 0.5) is 10.1 Å². The van der Waals surface area contributed by atoms with Gasteiger partial charge in [0, 0.05) is 19.6 Å². The average molecular weight is 320 g/mol. The normalized spacial score (nSPS) is 20.7. The molecule has 0 aromatic heterocycles. The van der Waals surface area contributed by atoms with Crippen molar-refractivity contribution in [2.24, 2.45) is 5.92 Å². The van der Waals surface area contributed by atoms with Crippen LogP contribution in [0.1, 0.15) is 37.7 Å². The fourth-order valence-electron chi connectivity index (χ4n) is 3.64. The lowest BCUT2D eigenvalue weighted by atomic mass is 9.96. The van der Waals surface area contributed by atoms with E-state index in [2.05, 4.69) is 4.90 Å². The molecule has 2 aliphatic heterocycles. The molecule has 2 heterocycles. The van der Waals surface area contributed by atoms with E-state index in [0.717, 1.165) is 25.2 Å². The van der Waals surface area contributed by atoms with E-state index in [-0.39, 0.29) is 11.7 Å². The van der Waals surface area contributed by atoms with Crippen LogP contribution in [0.2, 0.25) is 0 Å². The molecular weight excluding hydrogens is 295 g/mol. The summed E-state index contributed by atoms with van der Waals surface area (Å²) in [6, 6.07) is 5.38. The van der Waals surface area contributed by atoms with E-state index in [1.165, 1.54) is 19.3 Å². The van der Waals surface area contributed by atoms with Gasteiger partial charge in [-0.15, -0.1) is 0 Å². The number of likely N-dealkylation sites (tertiary alicyclic amines) is 1. The molecule has 1 N–H and O–H groups in total. The number of benzene rings is 1. The second-order valence-corrected chi connectivity index (χ2v) is 6.72. The van der Waals surface area contributed by atoms with Crippen LogP contribution in [0.25, 0.3) is 0 Å². The van der Waals surface area contributed by atoms with Crippen LogP contribution in [0, 0.1) is 11.7 Å². The average Bonchev–Trinajstić information content (AvgIpc) is 2.58. The Bertz CT molecular complexity index is 550. The van der Waals surface area contributed by atoms with Crippen molar-refractivity contribution in [3.8, 4) is 0 Å². The molecule has 1 aromatic rings. The predicted molar refractivity (Wildman–Crippen MR) is 88.1 cm³/mol. The Balaban J connectivity index is 1.67. The van der Waals surface area contributed by atoms with E-state index in [1.54, 1.807) is 6.07 Å². The number of nitrogens with zero attached hydrogens (tertiary/aromatic N) is 2. The van der Waals surface area contributed by atoms with Crippen molar-refractivity contribution < 1.29 is 14.3 Å². The van der Waals surface area contributed by atoms with Crippen molar-refractivity contribution in [1.29, 1.82) is 0 Å². The molecule has 4 nitrogen and oxygen atoms in total. The topological polar surface area (TPSA) is 43.8 Å². The van der Waals surface area contributed by atoms with Crippen molar-refractivity contribution in [3.63, 3.8) is 0 Å². The Labute approximate surface area is 136 Å². The van der Waals surface area contributed by atoms with E-state index in [4.69, 9.17) is 5.11 Å². The zero-order valence-electron chi connectivity index (χ0n) is 13.5. The van der Waals surface area contributed by atoms with Crippen molar-refractivity contribution in [2.75, 3.05) is 31.1 Å². The van der Waals surface area contributed by atoms with Gasteiger partial charge >= 0.3 is 5.97 Å². The minimum atomic E-state index is -0.732. The number of aliphatic carboxylic acids is 1. The fraction of sp³-hybridized carbons (Fsp3) is 0.611. The van der Waals surface area contributed by atoms with Crippen LogP contribution in [0.15, 0.2) is 18.2 Å². The van der Waals surface area contributed by atoms with Gasteiger partial charge in [-0.05, 0) is 56.5 Å². The highest BCUT2D eigenvalue weighted by atomic mass is 19.1. The van der Waals surface area contributed by atoms with Gasteiger partial charge in [-0.1, -0.05) is 12.5 Å². The van der Waals surface area contributed by atoms with Crippen LogP contribution in [0.3, 0.4) is 0 Å². The quantitative estimate of drug-likeness (QED) is 0.926. The molecule has 0 spiro atoms. The van der Waals surface area contributed by atoms with Gasteiger partial charge in [0.15, 0.2) is 0 Å². The van der Waals surface area contributed by atoms with Crippen molar-refractivity contribution in [3.05, 3.63) is 29.6 Å². The molecule has 2 aliphatic rings. The van der Waals surface area contributed by atoms with Gasteiger partial charge in [0.2, 0.25) is 0 Å². The number of carboxylic acid groups (broad SMARTS) is 1. The monoisotopic (exact) mass is 320 g/mol. The second kappa shape index (κ2) is 7.30. The largest absolute Gasteiger partial charge is 0.481 e. The van der Waals surface area contributed by atoms with Gasteiger partial charge in [0.1, 0.15) is 5.82 Å². The minimum absolute atomic E-state index is 0.207. The lowest BCUT2D eigenvalue weighted by molar-refractivity contribution is -0.142. The molecule has 0 aliphatic carbocycles. The summed E-state index contributed by atoms with van der Waals surface area (Å²) in [6.45, 7) is 4.34. The Kier molecular flexibility index (Phi) is 5.16. The number of anilines is 1. The highest BCUT2D eigenvalue weighted by Crippen LogP contribution is 2.27. The first kappa shape index (κ1) is 16.2. The van der Waals surface area contributed by atoms with Gasteiger partial charge in [-0.2, -0.15) is 0 Å². The van der Waals surface area contributed by atoms with Crippen molar-refractivity contribution in [1.82, 2.24) is 4.90 Å². The van der Waals surface area contributed by atoms with E-state index < -0.39 is 5.97 Å². The Morgan fingerprint density at radius 3 is 2.48 bits per heavy atom. The van der Waals surface area contributed by atoms with Crippen LogP contribution in [-0.2, 0) is 11.3 Å². The van der Waals surface area contributed by atoms with Gasteiger partial charge in [-0.25, -0.2) is 4.39 Å². The molecule has 0 saturated carbocycles. The molecule has 1 aromatic carbocycles. The number of halogens is 1. The maximum atomic E-state index is 14.2. The number of piperidine rings is 2. The highest BCUT2D eigenvalue weighted by Gasteiger charge is 2.26. The Morgan fingerprint density at radius 2 is 1.83 bits per heavy atom. The van der Waals surface area contributed by atoms with Crippen LogP contribution < -0.4 is 4.90 Å². The first-order valence-electron chi connectivity index (χ1n) is 8.62. The summed E-state index contributed by atoms with van der Waals surface area (Å²) in [5.41, 5.74) is 1.77. The molecule has 2 fully saturated rings. The summed E-state index contributed by atoms with van der Waals surface area (Å²) < 4.78 is 14.2. The Morgan fingerprint density at radius 1 is 1.13 bits per heavy atom. The van der Waals surface area contributed by atoms with Gasteiger partial charge < -0.3 is 10.0 Å². The van der Waals surface area contributed by atoms with E-state index in [9.17, 15) is 9.18 Å². The zero-order chi connectivity index (χ0) is 16.2. The molecule has 3 rings (SSSR count). The molecule has 0 radical (unpaired) electrons. The summed E-state index contributed by atoms with van der Waals surface area (Å²) >= 11 is 0. The molecule has 0 bridgehead atoms. The molecular formula is C18H25FN2O2. The van der Waals surface area contributed by atoms with Crippen molar-refractivity contribution in [2.45, 2.75) is 38.6 Å². The minimum Gasteiger partial charge on any atom is -0.481 e. The third kappa shape index (κ3) is 4.02. The lowest BCUT2D eigenvalue weighted by Crippen LogP contribution is -2.37. The summed E-state index contributed by atoms with van der Waals surface area (Å²) in [5, 5.41) is 9.08. The van der Waals surface area contributed by atoms with Crippen LogP contribution in [0.5, 0.6) is 0 Å². The third-order valence-electron chi connectivity index (χ3n) is 5.05. The van der Waals surface area contributed by atoms with Crippen LogP contribution in [-0.4, -0.2) is 42.2 Å². The van der Waals surface area contributed by atoms with Gasteiger partial charge in [-0.3, -0.25) is 9.69 Å². The first-order valence-corrected chi connectivity index (χ1v) is 8.62. The predicted octanol–water partition coefficient (Wildman–Crippen LogP) is 3.11. The fourth-order valence-corrected chi connectivity index (χ4v) is 3.64. The molecule has 2 saturated heterocycles. The second-order valence-electron chi connectivity index (χ2n) is 6.72. The number of hydrogen-bond acceptors (Lipinski definition) is 3. The molecule has 0 amide bonds. The zero-order valence-corrected chi connectivity index (χ0v) is 13.5. The molecule has 0 unspecified atom stereocenters. The number of carboxylic acids is 1. The highest BCUT2D eigenvalue weighted by molar-refractivity contribution is 5.70. The van der Waals surface area contributed by atoms with E-state index in [1.807, 2.05) is 17.0 Å². The van der Waals surface area contributed by atoms with Gasteiger partial charge in [0.05, 0.1) is 11.6 Å². The van der Waals surface area contributed by atoms with Crippen LogP contribution >= 0.6 is 0 Å².